The lowest BCUT2D eigenvalue weighted by Gasteiger charge is -2.12. The van der Waals surface area contributed by atoms with Crippen LogP contribution in [0.4, 0.5) is 0 Å². The van der Waals surface area contributed by atoms with Gasteiger partial charge in [0.25, 0.3) is 11.5 Å². The molecule has 0 saturated heterocycles. The van der Waals surface area contributed by atoms with E-state index in [1.807, 2.05) is 19.9 Å². The molecule has 3 rings (SSSR count). The van der Waals surface area contributed by atoms with Crippen molar-refractivity contribution in [2.75, 3.05) is 6.54 Å². The molecule has 0 atom stereocenters. The topological polar surface area (TPSA) is 90.0 Å². The van der Waals surface area contributed by atoms with E-state index < -0.39 is 0 Å². The zero-order valence-corrected chi connectivity index (χ0v) is 15.6. The Morgan fingerprint density at radius 1 is 1.35 bits per heavy atom. The summed E-state index contributed by atoms with van der Waals surface area (Å²) in [6, 6.07) is 3.42. The number of aromatic nitrogens is 3. The van der Waals surface area contributed by atoms with E-state index in [4.69, 9.17) is 4.52 Å². The first-order valence-electron chi connectivity index (χ1n) is 9.28. The van der Waals surface area contributed by atoms with Crippen molar-refractivity contribution in [3.63, 3.8) is 0 Å². The summed E-state index contributed by atoms with van der Waals surface area (Å²) in [6.45, 7) is 4.39. The van der Waals surface area contributed by atoms with Crippen molar-refractivity contribution < 1.29 is 9.32 Å². The fourth-order valence-corrected chi connectivity index (χ4v) is 3.49. The summed E-state index contributed by atoms with van der Waals surface area (Å²) in [7, 11) is 1.69. The quantitative estimate of drug-likeness (QED) is 0.857. The predicted molar refractivity (Wildman–Crippen MR) is 97.3 cm³/mol. The van der Waals surface area contributed by atoms with Crippen molar-refractivity contribution in [2.45, 2.75) is 57.8 Å². The molecule has 0 unspecified atom stereocenters. The van der Waals surface area contributed by atoms with Gasteiger partial charge in [0, 0.05) is 31.6 Å². The molecule has 1 N–H and O–H groups in total. The van der Waals surface area contributed by atoms with Crippen LogP contribution in [0.3, 0.4) is 0 Å². The maximum absolute atomic E-state index is 12.4. The van der Waals surface area contributed by atoms with E-state index in [0.29, 0.717) is 30.6 Å². The normalized spacial score (nSPS) is 14.9. The molecule has 0 aromatic carbocycles. The van der Waals surface area contributed by atoms with Gasteiger partial charge in [-0.15, -0.1) is 0 Å². The van der Waals surface area contributed by atoms with E-state index in [2.05, 4.69) is 15.5 Å². The molecule has 2 aromatic heterocycles. The van der Waals surface area contributed by atoms with E-state index in [1.165, 1.54) is 17.4 Å². The second kappa shape index (κ2) is 7.85. The molecule has 26 heavy (non-hydrogen) atoms. The van der Waals surface area contributed by atoms with Crippen LogP contribution in [0.1, 0.15) is 79.1 Å². The van der Waals surface area contributed by atoms with Gasteiger partial charge in [-0.1, -0.05) is 31.8 Å². The Morgan fingerprint density at radius 3 is 2.77 bits per heavy atom. The zero-order chi connectivity index (χ0) is 18.7. The molecule has 0 radical (unpaired) electrons. The third kappa shape index (κ3) is 3.86. The molecule has 140 valence electrons. The van der Waals surface area contributed by atoms with Gasteiger partial charge in [0.05, 0.1) is 0 Å². The highest BCUT2D eigenvalue weighted by Gasteiger charge is 2.23. The number of carbonyl (C=O) groups excluding carboxylic acids is 1. The predicted octanol–water partition coefficient (Wildman–Crippen LogP) is 2.52. The van der Waals surface area contributed by atoms with Gasteiger partial charge < -0.3 is 14.4 Å². The second-order valence-electron chi connectivity index (χ2n) is 7.23. The van der Waals surface area contributed by atoms with Crippen molar-refractivity contribution in [3.05, 3.63) is 45.5 Å². The summed E-state index contributed by atoms with van der Waals surface area (Å²) in [6.07, 6.45) is 5.11. The molecule has 1 aliphatic rings. The van der Waals surface area contributed by atoms with Gasteiger partial charge in [-0.2, -0.15) is 4.98 Å². The Kier molecular flexibility index (Phi) is 5.54. The SMILES string of the molecule is CC(C)c1ccc(C(=O)NCCc2noc(C3CCCC3)n2)c(=O)n1C. The highest BCUT2D eigenvalue weighted by atomic mass is 16.5. The number of nitrogens with one attached hydrogen (secondary N) is 1. The molecule has 0 spiro atoms. The van der Waals surface area contributed by atoms with Gasteiger partial charge in [0.15, 0.2) is 5.82 Å². The van der Waals surface area contributed by atoms with Crippen LogP contribution in [0, 0.1) is 0 Å². The van der Waals surface area contributed by atoms with Crippen LogP contribution in [0.5, 0.6) is 0 Å². The van der Waals surface area contributed by atoms with E-state index in [9.17, 15) is 9.59 Å². The van der Waals surface area contributed by atoms with E-state index >= 15 is 0 Å². The Morgan fingerprint density at radius 2 is 2.08 bits per heavy atom. The average molecular weight is 358 g/mol. The van der Waals surface area contributed by atoms with Gasteiger partial charge in [0.1, 0.15) is 5.56 Å². The smallest absolute Gasteiger partial charge is 0.263 e. The van der Waals surface area contributed by atoms with Crippen LogP contribution in [0.25, 0.3) is 0 Å². The summed E-state index contributed by atoms with van der Waals surface area (Å²) in [5.74, 6) is 1.53. The third-order valence-electron chi connectivity index (χ3n) is 5.00. The van der Waals surface area contributed by atoms with E-state index in [-0.39, 0.29) is 22.9 Å². The highest BCUT2D eigenvalue weighted by molar-refractivity contribution is 5.93. The van der Waals surface area contributed by atoms with Crippen LogP contribution in [0.15, 0.2) is 21.5 Å². The number of nitrogens with zero attached hydrogens (tertiary/aromatic N) is 3. The molecule has 1 saturated carbocycles. The largest absolute Gasteiger partial charge is 0.351 e. The third-order valence-corrected chi connectivity index (χ3v) is 5.00. The van der Waals surface area contributed by atoms with Crippen molar-refractivity contribution in [1.29, 1.82) is 0 Å². The van der Waals surface area contributed by atoms with Crippen LogP contribution in [-0.4, -0.2) is 27.2 Å². The van der Waals surface area contributed by atoms with Crippen LogP contribution in [0.2, 0.25) is 0 Å². The molecule has 1 aliphatic carbocycles. The first-order valence-corrected chi connectivity index (χ1v) is 9.28. The second-order valence-corrected chi connectivity index (χ2v) is 7.23. The lowest BCUT2D eigenvalue weighted by atomic mass is 10.1. The molecule has 7 heteroatoms. The Labute approximate surface area is 152 Å². The molecule has 1 fully saturated rings. The Hall–Kier alpha value is -2.44. The van der Waals surface area contributed by atoms with Crippen molar-refractivity contribution in [3.8, 4) is 0 Å². The van der Waals surface area contributed by atoms with E-state index in [1.54, 1.807) is 13.1 Å². The van der Waals surface area contributed by atoms with Gasteiger partial charge in [0.2, 0.25) is 5.89 Å². The van der Waals surface area contributed by atoms with Crippen molar-refractivity contribution in [1.82, 2.24) is 20.0 Å². The molecule has 2 aromatic rings. The average Bonchev–Trinajstić information content (AvgIpc) is 3.28. The highest BCUT2D eigenvalue weighted by Crippen LogP contribution is 2.32. The number of rotatable bonds is 6. The number of amides is 1. The lowest BCUT2D eigenvalue weighted by Crippen LogP contribution is -2.34. The minimum atomic E-state index is -0.375. The maximum Gasteiger partial charge on any atom is 0.263 e. The summed E-state index contributed by atoms with van der Waals surface area (Å²) < 4.78 is 6.87. The van der Waals surface area contributed by atoms with Gasteiger partial charge in [-0.3, -0.25) is 9.59 Å². The first-order chi connectivity index (χ1) is 12.5. The minimum absolute atomic E-state index is 0.150. The molecule has 0 aliphatic heterocycles. The first kappa shape index (κ1) is 18.4. The zero-order valence-electron chi connectivity index (χ0n) is 15.6. The molecule has 2 heterocycles. The van der Waals surface area contributed by atoms with Gasteiger partial charge in [-0.25, -0.2) is 0 Å². The fraction of sp³-hybridized carbons (Fsp3) is 0.579. The van der Waals surface area contributed by atoms with Crippen LogP contribution >= 0.6 is 0 Å². The summed E-state index contributed by atoms with van der Waals surface area (Å²) in [4.78, 5) is 29.1. The molecule has 1 amide bonds. The number of hydrogen-bond acceptors (Lipinski definition) is 5. The fourth-order valence-electron chi connectivity index (χ4n) is 3.49. The van der Waals surface area contributed by atoms with Gasteiger partial charge in [-0.05, 0) is 30.9 Å². The summed E-state index contributed by atoms with van der Waals surface area (Å²) in [5, 5.41) is 6.76. The Bertz CT molecular complexity index is 832. The number of hydrogen-bond donors (Lipinski definition) is 1. The monoisotopic (exact) mass is 358 g/mol. The Balaban J connectivity index is 1.58. The molecule has 7 nitrogen and oxygen atoms in total. The number of pyridine rings is 1. The van der Waals surface area contributed by atoms with Crippen molar-refractivity contribution >= 4 is 5.91 Å². The van der Waals surface area contributed by atoms with Gasteiger partial charge >= 0.3 is 0 Å². The van der Waals surface area contributed by atoms with Crippen molar-refractivity contribution in [2.24, 2.45) is 7.05 Å². The maximum atomic E-state index is 12.4. The van der Waals surface area contributed by atoms with Crippen LogP contribution < -0.4 is 10.9 Å². The molecular weight excluding hydrogens is 332 g/mol. The van der Waals surface area contributed by atoms with Crippen LogP contribution in [-0.2, 0) is 13.5 Å². The lowest BCUT2D eigenvalue weighted by molar-refractivity contribution is 0.0951. The van der Waals surface area contributed by atoms with E-state index in [0.717, 1.165) is 18.5 Å². The molecular formula is C19H26N4O3. The minimum Gasteiger partial charge on any atom is -0.351 e. The number of carbonyl (C=O) groups is 1. The summed E-state index contributed by atoms with van der Waals surface area (Å²) in [5.41, 5.74) is 0.770. The molecule has 0 bridgehead atoms. The summed E-state index contributed by atoms with van der Waals surface area (Å²) >= 11 is 0. The standard InChI is InChI=1S/C19H26N4O3/c1-12(2)15-9-8-14(19(25)23(15)3)17(24)20-11-10-16-21-18(26-22-16)13-6-4-5-7-13/h8-9,12-13H,4-7,10-11H2,1-3H3,(H,20,24).